The molecule has 1 aliphatic heterocycles. The molecule has 0 aliphatic carbocycles. The van der Waals surface area contributed by atoms with Crippen LogP contribution in [0.25, 0.3) is 5.52 Å². The average Bonchev–Trinajstić information content (AvgIpc) is 2.75. The van der Waals surface area contributed by atoms with E-state index in [9.17, 15) is 0 Å². The SMILES string of the molecule is Cc1cccn2cnc(CN3CCNCC3)c12. The van der Waals surface area contributed by atoms with E-state index in [2.05, 4.69) is 44.9 Å². The maximum absolute atomic E-state index is 4.55. The van der Waals surface area contributed by atoms with Crippen LogP contribution in [0, 0.1) is 6.92 Å². The average molecular weight is 230 g/mol. The first kappa shape index (κ1) is 10.7. The Bertz CT molecular complexity index is 511. The fourth-order valence-electron chi connectivity index (χ4n) is 2.50. The minimum Gasteiger partial charge on any atom is -0.314 e. The first-order valence-corrected chi connectivity index (χ1v) is 6.19. The predicted octanol–water partition coefficient (Wildman–Crippen LogP) is 1.05. The Kier molecular flexibility index (Phi) is 2.82. The summed E-state index contributed by atoms with van der Waals surface area (Å²) in [5.41, 5.74) is 3.77. The summed E-state index contributed by atoms with van der Waals surface area (Å²) in [4.78, 5) is 7.01. The van der Waals surface area contributed by atoms with Crippen LogP contribution in [0.4, 0.5) is 0 Å². The maximum Gasteiger partial charge on any atom is 0.0996 e. The second-order valence-corrected chi connectivity index (χ2v) is 4.66. The van der Waals surface area contributed by atoms with E-state index >= 15 is 0 Å². The summed E-state index contributed by atoms with van der Waals surface area (Å²) in [7, 11) is 0. The Morgan fingerprint density at radius 1 is 1.35 bits per heavy atom. The molecule has 0 bridgehead atoms. The highest BCUT2D eigenvalue weighted by atomic mass is 15.2. The van der Waals surface area contributed by atoms with Crippen molar-refractivity contribution >= 4 is 5.52 Å². The standard InChI is InChI=1S/C13H18N4/c1-11-3-2-6-17-10-15-12(13(11)17)9-16-7-4-14-5-8-16/h2-3,6,10,14H,4-5,7-9H2,1H3. The van der Waals surface area contributed by atoms with Gasteiger partial charge in [0.1, 0.15) is 0 Å². The zero-order valence-electron chi connectivity index (χ0n) is 10.2. The van der Waals surface area contributed by atoms with Crippen LogP contribution in [0.15, 0.2) is 24.7 Å². The summed E-state index contributed by atoms with van der Waals surface area (Å²) in [6.45, 7) is 7.52. The van der Waals surface area contributed by atoms with Crippen LogP contribution in [0.1, 0.15) is 11.3 Å². The van der Waals surface area contributed by atoms with Crippen molar-refractivity contribution in [2.75, 3.05) is 26.2 Å². The second kappa shape index (κ2) is 4.47. The van der Waals surface area contributed by atoms with E-state index < -0.39 is 0 Å². The molecular weight excluding hydrogens is 212 g/mol. The van der Waals surface area contributed by atoms with E-state index in [0.29, 0.717) is 0 Å². The number of pyridine rings is 1. The third-order valence-corrected chi connectivity index (χ3v) is 3.42. The number of rotatable bonds is 2. The Balaban J connectivity index is 1.89. The highest BCUT2D eigenvalue weighted by Crippen LogP contribution is 2.16. The van der Waals surface area contributed by atoms with Crippen molar-refractivity contribution < 1.29 is 0 Å². The summed E-state index contributed by atoms with van der Waals surface area (Å²) in [6.07, 6.45) is 3.98. The third-order valence-electron chi connectivity index (χ3n) is 3.42. The normalized spacial score (nSPS) is 17.7. The Labute approximate surface area is 101 Å². The minimum absolute atomic E-state index is 0.961. The molecule has 0 spiro atoms. The Hall–Kier alpha value is -1.39. The smallest absolute Gasteiger partial charge is 0.0996 e. The van der Waals surface area contributed by atoms with Crippen molar-refractivity contribution in [1.29, 1.82) is 0 Å². The van der Waals surface area contributed by atoms with Crippen LogP contribution < -0.4 is 5.32 Å². The molecule has 90 valence electrons. The van der Waals surface area contributed by atoms with Gasteiger partial charge in [0.15, 0.2) is 0 Å². The van der Waals surface area contributed by atoms with E-state index in [0.717, 1.165) is 32.7 Å². The van der Waals surface area contributed by atoms with Gasteiger partial charge in [0.2, 0.25) is 0 Å². The van der Waals surface area contributed by atoms with Gasteiger partial charge in [-0.2, -0.15) is 0 Å². The van der Waals surface area contributed by atoms with Crippen LogP contribution in [0.2, 0.25) is 0 Å². The number of piperazine rings is 1. The van der Waals surface area contributed by atoms with Crippen molar-refractivity contribution in [3.05, 3.63) is 35.9 Å². The van der Waals surface area contributed by atoms with Crippen LogP contribution in [0.3, 0.4) is 0 Å². The maximum atomic E-state index is 4.55. The van der Waals surface area contributed by atoms with Crippen LogP contribution >= 0.6 is 0 Å². The van der Waals surface area contributed by atoms with Gasteiger partial charge < -0.3 is 9.72 Å². The number of imidazole rings is 1. The van der Waals surface area contributed by atoms with Gasteiger partial charge in [-0.1, -0.05) is 6.07 Å². The molecule has 1 aliphatic rings. The molecule has 3 rings (SSSR count). The lowest BCUT2D eigenvalue weighted by molar-refractivity contribution is 0.232. The van der Waals surface area contributed by atoms with E-state index in [1.165, 1.54) is 16.8 Å². The largest absolute Gasteiger partial charge is 0.314 e. The van der Waals surface area contributed by atoms with Crippen LogP contribution in [0.5, 0.6) is 0 Å². The lowest BCUT2D eigenvalue weighted by atomic mass is 10.2. The van der Waals surface area contributed by atoms with Crippen molar-refractivity contribution in [2.24, 2.45) is 0 Å². The molecule has 4 nitrogen and oxygen atoms in total. The van der Waals surface area contributed by atoms with Gasteiger partial charge in [-0.15, -0.1) is 0 Å². The summed E-state index contributed by atoms with van der Waals surface area (Å²) in [5.74, 6) is 0. The molecule has 0 aromatic carbocycles. The topological polar surface area (TPSA) is 32.6 Å². The highest BCUT2D eigenvalue weighted by molar-refractivity contribution is 5.58. The van der Waals surface area contributed by atoms with Gasteiger partial charge in [-0.3, -0.25) is 4.90 Å². The third kappa shape index (κ3) is 2.06. The fourth-order valence-corrected chi connectivity index (χ4v) is 2.50. The predicted molar refractivity (Wildman–Crippen MR) is 68.1 cm³/mol. The molecule has 0 radical (unpaired) electrons. The summed E-state index contributed by atoms with van der Waals surface area (Å²) >= 11 is 0. The number of hydrogen-bond donors (Lipinski definition) is 1. The summed E-state index contributed by atoms with van der Waals surface area (Å²) in [6, 6.07) is 4.22. The van der Waals surface area contributed by atoms with Crippen LogP contribution in [-0.2, 0) is 6.54 Å². The number of aromatic nitrogens is 2. The van der Waals surface area contributed by atoms with Gasteiger partial charge >= 0.3 is 0 Å². The zero-order chi connectivity index (χ0) is 11.7. The van der Waals surface area contributed by atoms with Crippen molar-refractivity contribution in [2.45, 2.75) is 13.5 Å². The molecule has 0 amide bonds. The van der Waals surface area contributed by atoms with E-state index in [1.807, 2.05) is 6.33 Å². The Morgan fingerprint density at radius 2 is 2.18 bits per heavy atom. The van der Waals surface area contributed by atoms with E-state index in [4.69, 9.17) is 0 Å². The molecule has 2 aromatic rings. The fraction of sp³-hybridized carbons (Fsp3) is 0.462. The molecule has 0 atom stereocenters. The molecule has 0 saturated carbocycles. The first-order valence-electron chi connectivity index (χ1n) is 6.19. The second-order valence-electron chi connectivity index (χ2n) is 4.66. The molecular formula is C13H18N4. The molecule has 1 saturated heterocycles. The van der Waals surface area contributed by atoms with Crippen molar-refractivity contribution in [1.82, 2.24) is 19.6 Å². The number of hydrogen-bond acceptors (Lipinski definition) is 3. The molecule has 3 heterocycles. The quantitative estimate of drug-likeness (QED) is 0.837. The van der Waals surface area contributed by atoms with Crippen molar-refractivity contribution in [3.63, 3.8) is 0 Å². The monoisotopic (exact) mass is 230 g/mol. The van der Waals surface area contributed by atoms with E-state index in [-0.39, 0.29) is 0 Å². The van der Waals surface area contributed by atoms with E-state index in [1.54, 1.807) is 0 Å². The number of nitrogens with one attached hydrogen (secondary N) is 1. The number of aryl methyl sites for hydroxylation is 1. The van der Waals surface area contributed by atoms with Gasteiger partial charge in [-0.05, 0) is 18.6 Å². The summed E-state index contributed by atoms with van der Waals surface area (Å²) < 4.78 is 2.12. The van der Waals surface area contributed by atoms with Gasteiger partial charge in [0, 0.05) is 38.9 Å². The molecule has 0 unspecified atom stereocenters. The molecule has 17 heavy (non-hydrogen) atoms. The zero-order valence-corrected chi connectivity index (χ0v) is 10.2. The lowest BCUT2D eigenvalue weighted by Gasteiger charge is -2.26. The molecule has 4 heteroatoms. The van der Waals surface area contributed by atoms with Crippen molar-refractivity contribution in [3.8, 4) is 0 Å². The number of fused-ring (bicyclic) bond motifs is 1. The number of nitrogens with zero attached hydrogens (tertiary/aromatic N) is 3. The molecule has 1 N–H and O–H groups in total. The highest BCUT2D eigenvalue weighted by Gasteiger charge is 2.13. The molecule has 1 fully saturated rings. The van der Waals surface area contributed by atoms with Crippen LogP contribution in [-0.4, -0.2) is 40.5 Å². The van der Waals surface area contributed by atoms with Gasteiger partial charge in [-0.25, -0.2) is 4.98 Å². The van der Waals surface area contributed by atoms with Gasteiger partial charge in [0.25, 0.3) is 0 Å². The van der Waals surface area contributed by atoms with Gasteiger partial charge in [0.05, 0.1) is 17.5 Å². The first-order chi connectivity index (χ1) is 8.34. The Morgan fingerprint density at radius 3 is 3.00 bits per heavy atom. The lowest BCUT2D eigenvalue weighted by Crippen LogP contribution is -2.43. The summed E-state index contributed by atoms with van der Waals surface area (Å²) in [5, 5.41) is 3.38. The molecule has 2 aromatic heterocycles. The minimum atomic E-state index is 0.961.